The van der Waals surface area contributed by atoms with Crippen LogP contribution in [0.2, 0.25) is 0 Å². The van der Waals surface area contributed by atoms with E-state index in [9.17, 15) is 0 Å². The van der Waals surface area contributed by atoms with E-state index in [4.69, 9.17) is 0 Å². The standard InChI is InChI=1S/C13H24/c1-9(2)12-7-6-11(5)13(8-12)10(3)4/h6,9-10,12-13H,7-8H2,1-5H3. The summed E-state index contributed by atoms with van der Waals surface area (Å²) >= 11 is 0. The Bertz CT molecular complexity index is 186. The van der Waals surface area contributed by atoms with Crippen molar-refractivity contribution in [3.8, 4) is 0 Å². The zero-order valence-corrected chi connectivity index (χ0v) is 9.80. The van der Waals surface area contributed by atoms with Crippen molar-refractivity contribution in [2.24, 2.45) is 23.7 Å². The first-order chi connectivity index (χ1) is 6.02. The van der Waals surface area contributed by atoms with Gasteiger partial charge in [-0.3, -0.25) is 0 Å². The molecular weight excluding hydrogens is 156 g/mol. The molecule has 0 bridgehead atoms. The number of hydrogen-bond acceptors (Lipinski definition) is 0. The van der Waals surface area contributed by atoms with Crippen molar-refractivity contribution >= 4 is 0 Å². The monoisotopic (exact) mass is 180 g/mol. The largest absolute Gasteiger partial charge is 0.0850 e. The van der Waals surface area contributed by atoms with Gasteiger partial charge in [-0.05, 0) is 43.4 Å². The smallest absolute Gasteiger partial charge is 0.0180 e. The van der Waals surface area contributed by atoms with Gasteiger partial charge in [0.15, 0.2) is 0 Å². The molecule has 0 radical (unpaired) electrons. The Morgan fingerprint density at radius 1 is 1.15 bits per heavy atom. The van der Waals surface area contributed by atoms with Crippen molar-refractivity contribution in [3.05, 3.63) is 11.6 Å². The minimum Gasteiger partial charge on any atom is -0.0850 e. The molecule has 0 aromatic heterocycles. The minimum atomic E-state index is 0.817. The summed E-state index contributed by atoms with van der Waals surface area (Å²) in [6, 6.07) is 0. The molecule has 0 nitrogen and oxygen atoms in total. The molecule has 0 saturated heterocycles. The van der Waals surface area contributed by atoms with Gasteiger partial charge in [-0.1, -0.05) is 39.3 Å². The molecule has 1 aliphatic carbocycles. The van der Waals surface area contributed by atoms with E-state index in [0.717, 1.165) is 23.7 Å². The van der Waals surface area contributed by atoms with Crippen molar-refractivity contribution < 1.29 is 0 Å². The van der Waals surface area contributed by atoms with Crippen LogP contribution in [0.25, 0.3) is 0 Å². The fourth-order valence-corrected chi connectivity index (χ4v) is 2.44. The van der Waals surface area contributed by atoms with Crippen molar-refractivity contribution in [1.82, 2.24) is 0 Å². The molecule has 0 heterocycles. The topological polar surface area (TPSA) is 0 Å². The zero-order chi connectivity index (χ0) is 10.0. The van der Waals surface area contributed by atoms with Gasteiger partial charge in [-0.2, -0.15) is 0 Å². The second kappa shape index (κ2) is 4.30. The molecule has 0 aromatic rings. The summed E-state index contributed by atoms with van der Waals surface area (Å²) in [7, 11) is 0. The van der Waals surface area contributed by atoms with Gasteiger partial charge >= 0.3 is 0 Å². The molecule has 1 rings (SSSR count). The number of hydrogen-bond donors (Lipinski definition) is 0. The Labute approximate surface area is 83.4 Å². The lowest BCUT2D eigenvalue weighted by molar-refractivity contribution is 0.262. The Kier molecular flexibility index (Phi) is 3.58. The summed E-state index contributed by atoms with van der Waals surface area (Å²) in [6.07, 6.45) is 5.20. The Morgan fingerprint density at radius 2 is 1.77 bits per heavy atom. The van der Waals surface area contributed by atoms with Crippen molar-refractivity contribution in [1.29, 1.82) is 0 Å². The number of allylic oxidation sites excluding steroid dienone is 2. The quantitative estimate of drug-likeness (QED) is 0.557. The fourth-order valence-electron chi connectivity index (χ4n) is 2.44. The third kappa shape index (κ3) is 2.59. The van der Waals surface area contributed by atoms with Crippen LogP contribution < -0.4 is 0 Å². The molecule has 0 saturated carbocycles. The van der Waals surface area contributed by atoms with E-state index in [-0.39, 0.29) is 0 Å². The van der Waals surface area contributed by atoms with Gasteiger partial charge < -0.3 is 0 Å². The van der Waals surface area contributed by atoms with E-state index >= 15 is 0 Å². The van der Waals surface area contributed by atoms with E-state index in [0.29, 0.717) is 0 Å². The molecule has 2 atom stereocenters. The van der Waals surface area contributed by atoms with Gasteiger partial charge in [0.1, 0.15) is 0 Å². The van der Waals surface area contributed by atoms with Crippen LogP contribution >= 0.6 is 0 Å². The van der Waals surface area contributed by atoms with Crippen LogP contribution in [0.15, 0.2) is 11.6 Å². The van der Waals surface area contributed by atoms with E-state index in [1.165, 1.54) is 12.8 Å². The second-order valence-electron chi connectivity index (χ2n) is 5.27. The van der Waals surface area contributed by atoms with E-state index in [1.807, 2.05) is 0 Å². The third-order valence-corrected chi connectivity index (χ3v) is 3.63. The van der Waals surface area contributed by atoms with E-state index in [2.05, 4.69) is 40.7 Å². The van der Waals surface area contributed by atoms with Crippen LogP contribution in [0.5, 0.6) is 0 Å². The lowest BCUT2D eigenvalue weighted by atomic mass is 9.73. The minimum absolute atomic E-state index is 0.817. The summed E-state index contributed by atoms with van der Waals surface area (Å²) in [5.74, 6) is 3.45. The van der Waals surface area contributed by atoms with Crippen LogP contribution in [0.3, 0.4) is 0 Å². The van der Waals surface area contributed by atoms with Crippen molar-refractivity contribution in [2.75, 3.05) is 0 Å². The predicted octanol–water partition coefficient (Wildman–Crippen LogP) is 4.27. The lowest BCUT2D eigenvalue weighted by Crippen LogP contribution is -2.22. The Balaban J connectivity index is 2.66. The molecule has 0 aliphatic heterocycles. The van der Waals surface area contributed by atoms with Crippen LogP contribution in [0.4, 0.5) is 0 Å². The van der Waals surface area contributed by atoms with Crippen LogP contribution in [-0.2, 0) is 0 Å². The number of rotatable bonds is 2. The van der Waals surface area contributed by atoms with Gasteiger partial charge in [0.05, 0.1) is 0 Å². The summed E-state index contributed by atoms with van der Waals surface area (Å²) in [5, 5.41) is 0. The maximum absolute atomic E-state index is 2.47. The van der Waals surface area contributed by atoms with Gasteiger partial charge in [0.25, 0.3) is 0 Å². The van der Waals surface area contributed by atoms with E-state index < -0.39 is 0 Å². The zero-order valence-electron chi connectivity index (χ0n) is 9.80. The van der Waals surface area contributed by atoms with Gasteiger partial charge in [-0.25, -0.2) is 0 Å². The Morgan fingerprint density at radius 3 is 2.23 bits per heavy atom. The molecule has 0 aromatic carbocycles. The lowest BCUT2D eigenvalue weighted by Gasteiger charge is -2.33. The molecule has 1 aliphatic rings. The first kappa shape index (κ1) is 10.8. The highest BCUT2D eigenvalue weighted by Gasteiger charge is 2.25. The highest BCUT2D eigenvalue weighted by atomic mass is 14.3. The SMILES string of the molecule is CC1=CCC(C(C)C)CC1C(C)C. The average molecular weight is 180 g/mol. The molecule has 2 unspecified atom stereocenters. The van der Waals surface area contributed by atoms with Gasteiger partial charge in [0, 0.05) is 0 Å². The Hall–Kier alpha value is -0.260. The molecule has 0 spiro atoms. The van der Waals surface area contributed by atoms with Gasteiger partial charge in [-0.15, -0.1) is 0 Å². The van der Waals surface area contributed by atoms with E-state index in [1.54, 1.807) is 5.57 Å². The normalized spacial score (nSPS) is 29.6. The summed E-state index contributed by atoms with van der Waals surface area (Å²) in [5.41, 5.74) is 1.63. The predicted molar refractivity (Wildman–Crippen MR) is 59.6 cm³/mol. The maximum Gasteiger partial charge on any atom is -0.0180 e. The second-order valence-corrected chi connectivity index (χ2v) is 5.27. The highest BCUT2D eigenvalue weighted by molar-refractivity contribution is 5.09. The molecular formula is C13H24. The molecule has 0 amide bonds. The highest BCUT2D eigenvalue weighted by Crippen LogP contribution is 2.36. The molecule has 0 heteroatoms. The maximum atomic E-state index is 2.47. The first-order valence-electron chi connectivity index (χ1n) is 5.69. The average Bonchev–Trinajstić information content (AvgIpc) is 2.04. The summed E-state index contributed by atoms with van der Waals surface area (Å²) in [6.45, 7) is 11.7. The third-order valence-electron chi connectivity index (χ3n) is 3.63. The summed E-state index contributed by atoms with van der Waals surface area (Å²) < 4.78 is 0. The fraction of sp³-hybridized carbons (Fsp3) is 0.846. The van der Waals surface area contributed by atoms with Crippen LogP contribution in [-0.4, -0.2) is 0 Å². The van der Waals surface area contributed by atoms with Crippen molar-refractivity contribution in [2.45, 2.75) is 47.5 Å². The molecule has 0 N–H and O–H groups in total. The van der Waals surface area contributed by atoms with Crippen LogP contribution in [0, 0.1) is 23.7 Å². The molecule has 0 fully saturated rings. The van der Waals surface area contributed by atoms with Gasteiger partial charge in [0.2, 0.25) is 0 Å². The summed E-state index contributed by atoms with van der Waals surface area (Å²) in [4.78, 5) is 0. The van der Waals surface area contributed by atoms with Crippen LogP contribution in [0.1, 0.15) is 47.5 Å². The molecule has 76 valence electrons. The first-order valence-corrected chi connectivity index (χ1v) is 5.69. The molecule has 13 heavy (non-hydrogen) atoms. The van der Waals surface area contributed by atoms with Crippen molar-refractivity contribution in [3.63, 3.8) is 0 Å².